The van der Waals surface area contributed by atoms with Crippen LogP contribution in [-0.2, 0) is 4.79 Å². The molecule has 0 saturated carbocycles. The third-order valence-corrected chi connectivity index (χ3v) is 5.19. The number of piperidine rings is 1. The number of nitrogens with two attached hydrogens (primary N) is 1. The van der Waals surface area contributed by atoms with Crippen LogP contribution in [0.15, 0.2) is 48.5 Å². The summed E-state index contributed by atoms with van der Waals surface area (Å²) in [4.78, 5) is 26.6. The molecule has 0 aliphatic carbocycles. The van der Waals surface area contributed by atoms with Gasteiger partial charge in [-0.05, 0) is 49.2 Å². The lowest BCUT2D eigenvalue weighted by Gasteiger charge is -2.42. The third-order valence-electron chi connectivity index (χ3n) is 5.19. The largest absolute Gasteiger partial charge is 0.496 e. The molecule has 0 bridgehead atoms. The van der Waals surface area contributed by atoms with Gasteiger partial charge in [0.15, 0.2) is 0 Å². The molecule has 1 atom stereocenters. The Morgan fingerprint density at radius 1 is 1.17 bits per heavy atom. The Balaban J connectivity index is 1.78. The van der Waals surface area contributed by atoms with Crippen LogP contribution in [0.5, 0.6) is 11.5 Å². The van der Waals surface area contributed by atoms with E-state index in [0.717, 1.165) is 6.42 Å². The summed E-state index contributed by atoms with van der Waals surface area (Å²) in [7, 11) is 1.52. The van der Waals surface area contributed by atoms with Crippen LogP contribution < -0.4 is 15.2 Å². The third kappa shape index (κ3) is 5.04. The molecule has 29 heavy (non-hydrogen) atoms. The van der Waals surface area contributed by atoms with E-state index < -0.39 is 11.3 Å². The second-order valence-electron chi connectivity index (χ2n) is 7.42. The van der Waals surface area contributed by atoms with E-state index in [1.807, 2.05) is 0 Å². The van der Waals surface area contributed by atoms with Crippen LogP contribution in [0.3, 0.4) is 0 Å². The SMILES string of the molecule is COc1ccccc1C(=O)N1CCC[C@@](COc2ccc(F)cc2)(CC(N)=O)C1. The van der Waals surface area contributed by atoms with Crippen molar-refractivity contribution in [3.63, 3.8) is 0 Å². The van der Waals surface area contributed by atoms with Gasteiger partial charge in [-0.25, -0.2) is 4.39 Å². The maximum Gasteiger partial charge on any atom is 0.257 e. The van der Waals surface area contributed by atoms with Crippen molar-refractivity contribution in [1.29, 1.82) is 0 Å². The topological polar surface area (TPSA) is 81.9 Å². The molecule has 2 aromatic carbocycles. The number of amides is 2. The van der Waals surface area contributed by atoms with Crippen molar-refractivity contribution in [3.8, 4) is 11.5 Å². The van der Waals surface area contributed by atoms with Crippen molar-refractivity contribution in [3.05, 3.63) is 59.9 Å². The maximum atomic E-state index is 13.1. The second kappa shape index (κ2) is 8.94. The van der Waals surface area contributed by atoms with Crippen molar-refractivity contribution >= 4 is 11.8 Å². The minimum atomic E-state index is -0.601. The number of carbonyl (C=O) groups excluding carboxylic acids is 2. The number of likely N-dealkylation sites (tertiary alicyclic amines) is 1. The molecule has 7 heteroatoms. The molecule has 0 unspecified atom stereocenters. The summed E-state index contributed by atoms with van der Waals surface area (Å²) < 4.78 is 24.3. The molecule has 6 nitrogen and oxygen atoms in total. The molecule has 0 aromatic heterocycles. The minimum absolute atomic E-state index is 0.101. The highest BCUT2D eigenvalue weighted by molar-refractivity contribution is 5.97. The van der Waals surface area contributed by atoms with Gasteiger partial charge >= 0.3 is 0 Å². The van der Waals surface area contributed by atoms with Gasteiger partial charge in [-0.3, -0.25) is 9.59 Å². The molecule has 1 heterocycles. The average molecular weight is 400 g/mol. The summed E-state index contributed by atoms with van der Waals surface area (Å²) in [5, 5.41) is 0. The van der Waals surface area contributed by atoms with Crippen LogP contribution in [-0.4, -0.2) is 43.5 Å². The van der Waals surface area contributed by atoms with Gasteiger partial charge < -0.3 is 20.1 Å². The molecule has 0 radical (unpaired) electrons. The molecule has 3 rings (SSSR count). The van der Waals surface area contributed by atoms with Crippen LogP contribution in [0.2, 0.25) is 0 Å². The Morgan fingerprint density at radius 2 is 1.90 bits per heavy atom. The number of para-hydroxylation sites is 1. The van der Waals surface area contributed by atoms with Crippen molar-refractivity contribution in [1.82, 2.24) is 4.90 Å². The Morgan fingerprint density at radius 3 is 2.59 bits per heavy atom. The average Bonchev–Trinajstić information content (AvgIpc) is 2.72. The van der Waals surface area contributed by atoms with Gasteiger partial charge in [0, 0.05) is 24.9 Å². The summed E-state index contributed by atoms with van der Waals surface area (Å²) in [6.07, 6.45) is 1.53. The minimum Gasteiger partial charge on any atom is -0.496 e. The Kier molecular flexibility index (Phi) is 6.36. The predicted octanol–water partition coefficient (Wildman–Crippen LogP) is 3.01. The van der Waals surface area contributed by atoms with Gasteiger partial charge in [0.05, 0.1) is 19.3 Å². The number of halogens is 1. The zero-order valence-corrected chi connectivity index (χ0v) is 16.4. The Bertz CT molecular complexity index is 871. The van der Waals surface area contributed by atoms with Gasteiger partial charge in [0.1, 0.15) is 17.3 Å². The molecule has 2 N–H and O–H groups in total. The maximum absolute atomic E-state index is 13.1. The van der Waals surface area contributed by atoms with Crippen molar-refractivity contribution in [2.75, 3.05) is 26.8 Å². The number of nitrogens with zero attached hydrogens (tertiary/aromatic N) is 1. The van der Waals surface area contributed by atoms with E-state index in [-0.39, 0.29) is 24.8 Å². The zero-order valence-electron chi connectivity index (χ0n) is 16.4. The smallest absolute Gasteiger partial charge is 0.257 e. The van der Waals surface area contributed by atoms with Crippen molar-refractivity contribution in [2.24, 2.45) is 11.1 Å². The molecule has 154 valence electrons. The fourth-order valence-electron chi connectivity index (χ4n) is 3.82. The van der Waals surface area contributed by atoms with Crippen molar-refractivity contribution < 1.29 is 23.5 Å². The van der Waals surface area contributed by atoms with E-state index in [2.05, 4.69) is 0 Å². The number of ether oxygens (including phenoxy) is 2. The first kappa shape index (κ1) is 20.6. The molecule has 1 saturated heterocycles. The van der Waals surface area contributed by atoms with E-state index in [1.54, 1.807) is 29.2 Å². The number of rotatable bonds is 7. The number of carbonyl (C=O) groups is 2. The first-order chi connectivity index (χ1) is 13.9. The fraction of sp³-hybridized carbons (Fsp3) is 0.364. The summed E-state index contributed by atoms with van der Waals surface area (Å²) in [6.45, 7) is 1.12. The normalized spacial score (nSPS) is 18.9. The molecular weight excluding hydrogens is 375 g/mol. The van der Waals surface area contributed by atoms with Gasteiger partial charge in [-0.1, -0.05) is 12.1 Å². The monoisotopic (exact) mass is 400 g/mol. The summed E-state index contributed by atoms with van der Waals surface area (Å²) >= 11 is 0. The number of benzene rings is 2. The number of methoxy groups -OCH3 is 1. The molecule has 2 amide bonds. The van der Waals surface area contributed by atoms with E-state index >= 15 is 0 Å². The molecule has 1 fully saturated rings. The molecule has 2 aromatic rings. The molecular formula is C22H25FN2O4. The highest BCUT2D eigenvalue weighted by atomic mass is 19.1. The Labute approximate surface area is 169 Å². The lowest BCUT2D eigenvalue weighted by atomic mass is 9.77. The molecule has 0 spiro atoms. The highest BCUT2D eigenvalue weighted by Crippen LogP contribution is 2.35. The van der Waals surface area contributed by atoms with E-state index in [0.29, 0.717) is 36.6 Å². The van der Waals surface area contributed by atoms with E-state index in [1.165, 1.54) is 31.4 Å². The first-order valence-corrected chi connectivity index (χ1v) is 9.51. The number of hydrogen-bond acceptors (Lipinski definition) is 4. The van der Waals surface area contributed by atoms with Crippen LogP contribution in [0.25, 0.3) is 0 Å². The van der Waals surface area contributed by atoms with E-state index in [9.17, 15) is 14.0 Å². The fourth-order valence-corrected chi connectivity index (χ4v) is 3.82. The summed E-state index contributed by atoms with van der Waals surface area (Å²) in [6, 6.07) is 12.8. The van der Waals surface area contributed by atoms with Crippen LogP contribution in [0.1, 0.15) is 29.6 Å². The summed E-state index contributed by atoms with van der Waals surface area (Å²) in [5.41, 5.74) is 5.38. The second-order valence-corrected chi connectivity index (χ2v) is 7.42. The molecule has 1 aliphatic rings. The van der Waals surface area contributed by atoms with Gasteiger partial charge in [0.25, 0.3) is 5.91 Å². The highest BCUT2D eigenvalue weighted by Gasteiger charge is 2.40. The van der Waals surface area contributed by atoms with Gasteiger partial charge in [-0.15, -0.1) is 0 Å². The quantitative estimate of drug-likeness (QED) is 0.775. The van der Waals surface area contributed by atoms with E-state index in [4.69, 9.17) is 15.2 Å². The first-order valence-electron chi connectivity index (χ1n) is 9.51. The molecule has 1 aliphatic heterocycles. The van der Waals surface area contributed by atoms with Gasteiger partial charge in [0.2, 0.25) is 5.91 Å². The number of primary amides is 1. The van der Waals surface area contributed by atoms with Gasteiger partial charge in [-0.2, -0.15) is 0 Å². The van der Waals surface area contributed by atoms with Crippen LogP contribution >= 0.6 is 0 Å². The Hall–Kier alpha value is -3.09. The standard InChI is InChI=1S/C22H25FN2O4/c1-28-19-6-3-2-5-18(19)21(27)25-12-4-11-22(14-25,13-20(24)26)15-29-17-9-7-16(23)8-10-17/h2-3,5-10H,4,11-15H2,1H3,(H2,24,26)/t22-/m1/s1. The number of hydrogen-bond donors (Lipinski definition) is 1. The zero-order chi connectivity index (χ0) is 20.9. The predicted molar refractivity (Wildman–Crippen MR) is 106 cm³/mol. The summed E-state index contributed by atoms with van der Waals surface area (Å²) in [5.74, 6) is 0.0575. The van der Waals surface area contributed by atoms with Crippen LogP contribution in [0, 0.1) is 11.2 Å². The lowest BCUT2D eigenvalue weighted by Crippen LogP contribution is -2.50. The lowest BCUT2D eigenvalue weighted by molar-refractivity contribution is -0.122. The van der Waals surface area contributed by atoms with Crippen molar-refractivity contribution in [2.45, 2.75) is 19.3 Å². The van der Waals surface area contributed by atoms with Crippen LogP contribution in [0.4, 0.5) is 4.39 Å².